The molecular weight excluding hydrogens is 461 g/mol. The van der Waals surface area contributed by atoms with Crippen molar-refractivity contribution >= 4 is 28.6 Å². The van der Waals surface area contributed by atoms with E-state index < -0.39 is 30.1 Å². The molecule has 0 aliphatic carbocycles. The molecule has 1 amide bonds. The molecule has 2 saturated heterocycles. The second kappa shape index (κ2) is 8.13. The van der Waals surface area contributed by atoms with Crippen molar-refractivity contribution in [3.05, 3.63) is 36.4 Å². The molecule has 180 valence electrons. The minimum absolute atomic E-state index is 0.152. The van der Waals surface area contributed by atoms with Gasteiger partial charge in [-0.15, -0.1) is 0 Å². The number of pyridine rings is 1. The number of aromatic nitrogens is 5. The van der Waals surface area contributed by atoms with Gasteiger partial charge in [-0.1, -0.05) is 0 Å². The Morgan fingerprint density at radius 1 is 1.12 bits per heavy atom. The Morgan fingerprint density at radius 3 is 2.59 bits per heavy atom. The van der Waals surface area contributed by atoms with Crippen LogP contribution in [0.25, 0.3) is 11.2 Å². The van der Waals surface area contributed by atoms with Gasteiger partial charge in [0.1, 0.15) is 17.9 Å². The van der Waals surface area contributed by atoms with Gasteiger partial charge >= 0.3 is 6.18 Å². The predicted molar refractivity (Wildman–Crippen MR) is 111 cm³/mol. The summed E-state index contributed by atoms with van der Waals surface area (Å²) in [5, 5.41) is 3.91. The van der Waals surface area contributed by atoms with Crippen molar-refractivity contribution in [1.82, 2.24) is 24.7 Å². The number of rotatable bonds is 4. The first-order valence-corrected chi connectivity index (χ1v) is 10.7. The molecule has 5 heterocycles. The molecule has 0 radical (unpaired) electrons. The first-order chi connectivity index (χ1) is 16.2. The van der Waals surface area contributed by atoms with E-state index in [1.807, 2.05) is 4.90 Å². The molecule has 3 aromatic heterocycles. The van der Waals surface area contributed by atoms with Crippen LogP contribution >= 0.6 is 0 Å². The van der Waals surface area contributed by atoms with Gasteiger partial charge < -0.3 is 9.80 Å². The van der Waals surface area contributed by atoms with Crippen LogP contribution in [0.3, 0.4) is 0 Å². The fourth-order valence-corrected chi connectivity index (χ4v) is 4.76. The molecule has 0 unspecified atom stereocenters. The van der Waals surface area contributed by atoms with E-state index in [0.717, 1.165) is 23.1 Å². The topological polar surface area (TPSA) is 80.0 Å². The summed E-state index contributed by atoms with van der Waals surface area (Å²) in [7, 11) is 0. The Balaban J connectivity index is 1.33. The molecule has 13 heteroatoms. The number of halogens is 5. The van der Waals surface area contributed by atoms with Crippen LogP contribution in [-0.4, -0.2) is 56.7 Å². The summed E-state index contributed by atoms with van der Waals surface area (Å²) in [6.07, 6.45) is -0.819. The molecular formula is C21H20F5N7O. The van der Waals surface area contributed by atoms with Crippen LogP contribution in [-0.2, 0) is 17.5 Å². The maximum absolute atomic E-state index is 13.5. The van der Waals surface area contributed by atoms with Gasteiger partial charge in [-0.25, -0.2) is 23.4 Å². The van der Waals surface area contributed by atoms with Crippen LogP contribution in [0.1, 0.15) is 24.8 Å². The average molecular weight is 481 g/mol. The van der Waals surface area contributed by atoms with E-state index in [1.54, 1.807) is 6.20 Å². The van der Waals surface area contributed by atoms with Gasteiger partial charge in [-0.2, -0.15) is 18.3 Å². The fraction of sp³-hybridized carbons (Fsp3) is 0.476. The summed E-state index contributed by atoms with van der Waals surface area (Å²) in [4.78, 5) is 28.4. The standard InChI is InChI=1S/C21H20F5N7O/c22-16(23)11-33-19-14(8-29-33)28-10-17(30-19)31-5-2-20(3-6-31)7-18(34)32(12-20)15-9-27-4-1-13(15)21(24,25)26/h1,4,8-10,16H,2-3,5-7,11-12H2. The lowest BCUT2D eigenvalue weighted by molar-refractivity contribution is -0.137. The molecule has 0 N–H and O–H groups in total. The van der Waals surface area contributed by atoms with Gasteiger partial charge in [0.05, 0.1) is 29.8 Å². The van der Waals surface area contributed by atoms with Crippen molar-refractivity contribution in [2.75, 3.05) is 29.4 Å². The number of hydrogen-bond acceptors (Lipinski definition) is 6. The van der Waals surface area contributed by atoms with E-state index in [4.69, 9.17) is 0 Å². The highest BCUT2D eigenvalue weighted by molar-refractivity contribution is 5.97. The number of piperidine rings is 1. The van der Waals surface area contributed by atoms with E-state index in [-0.39, 0.29) is 30.2 Å². The summed E-state index contributed by atoms with van der Waals surface area (Å²) in [6.45, 7) is 0.601. The quantitative estimate of drug-likeness (QED) is 0.531. The van der Waals surface area contributed by atoms with E-state index in [9.17, 15) is 26.7 Å². The lowest BCUT2D eigenvalue weighted by atomic mass is 9.77. The molecule has 3 aromatic rings. The molecule has 0 atom stereocenters. The molecule has 2 aliphatic heterocycles. The van der Waals surface area contributed by atoms with Gasteiger partial charge in [0.25, 0.3) is 6.43 Å². The number of nitrogens with zero attached hydrogens (tertiary/aromatic N) is 7. The van der Waals surface area contributed by atoms with Crippen molar-refractivity contribution < 1.29 is 26.7 Å². The number of carbonyl (C=O) groups is 1. The first-order valence-electron chi connectivity index (χ1n) is 10.7. The molecule has 0 bridgehead atoms. The van der Waals surface area contributed by atoms with E-state index >= 15 is 0 Å². The second-order valence-corrected chi connectivity index (χ2v) is 8.69. The van der Waals surface area contributed by atoms with Gasteiger partial charge in [0.15, 0.2) is 5.65 Å². The number of alkyl halides is 5. The third kappa shape index (κ3) is 4.03. The van der Waals surface area contributed by atoms with Crippen LogP contribution < -0.4 is 9.80 Å². The molecule has 2 fully saturated rings. The molecule has 0 aromatic carbocycles. The number of hydrogen-bond donors (Lipinski definition) is 0. The largest absolute Gasteiger partial charge is 0.418 e. The van der Waals surface area contributed by atoms with Crippen LogP contribution in [0.4, 0.5) is 33.5 Å². The number of anilines is 2. The smallest absolute Gasteiger partial charge is 0.355 e. The van der Waals surface area contributed by atoms with Crippen molar-refractivity contribution in [2.24, 2.45) is 5.41 Å². The Morgan fingerprint density at radius 2 is 1.88 bits per heavy atom. The van der Waals surface area contributed by atoms with Crippen LogP contribution in [0.2, 0.25) is 0 Å². The summed E-state index contributed by atoms with van der Waals surface area (Å²) >= 11 is 0. The van der Waals surface area contributed by atoms with Crippen molar-refractivity contribution in [2.45, 2.75) is 38.4 Å². The molecule has 2 aliphatic rings. The zero-order valence-electron chi connectivity index (χ0n) is 17.8. The highest BCUT2D eigenvalue weighted by Gasteiger charge is 2.47. The number of amides is 1. The average Bonchev–Trinajstić information content (AvgIpc) is 3.33. The summed E-state index contributed by atoms with van der Waals surface area (Å²) in [5.74, 6) is 0.148. The molecule has 0 saturated carbocycles. The van der Waals surface area contributed by atoms with E-state index in [0.29, 0.717) is 37.3 Å². The highest BCUT2D eigenvalue weighted by Crippen LogP contribution is 2.45. The Bertz CT molecular complexity index is 1220. The third-order valence-corrected chi connectivity index (χ3v) is 6.51. The van der Waals surface area contributed by atoms with Crippen LogP contribution in [0, 0.1) is 5.41 Å². The molecule has 34 heavy (non-hydrogen) atoms. The Labute approximate surface area is 190 Å². The number of fused-ring (bicyclic) bond motifs is 1. The zero-order valence-corrected chi connectivity index (χ0v) is 17.8. The Hall–Kier alpha value is -3.38. The van der Waals surface area contributed by atoms with Crippen LogP contribution in [0.15, 0.2) is 30.9 Å². The predicted octanol–water partition coefficient (Wildman–Crippen LogP) is 3.53. The second-order valence-electron chi connectivity index (χ2n) is 8.69. The third-order valence-electron chi connectivity index (χ3n) is 6.51. The zero-order chi connectivity index (χ0) is 24.1. The molecule has 5 rings (SSSR count). The maximum atomic E-state index is 13.5. The molecule has 1 spiro atoms. The SMILES string of the molecule is O=C1CC2(CCN(c3cnc4cnn(CC(F)F)c4n3)CC2)CN1c1cnccc1C(F)(F)F. The summed E-state index contributed by atoms with van der Waals surface area (Å²) in [6, 6.07) is 0.879. The van der Waals surface area contributed by atoms with Crippen molar-refractivity contribution in [3.63, 3.8) is 0 Å². The van der Waals surface area contributed by atoms with Crippen LogP contribution in [0.5, 0.6) is 0 Å². The summed E-state index contributed by atoms with van der Waals surface area (Å²) in [5.41, 5.74) is -0.887. The van der Waals surface area contributed by atoms with Crippen molar-refractivity contribution in [1.29, 1.82) is 0 Å². The summed E-state index contributed by atoms with van der Waals surface area (Å²) < 4.78 is 67.1. The maximum Gasteiger partial charge on any atom is 0.418 e. The normalized spacial score (nSPS) is 18.6. The monoisotopic (exact) mass is 481 g/mol. The lowest BCUT2D eigenvalue weighted by Crippen LogP contribution is -2.42. The first kappa shape index (κ1) is 22.4. The minimum Gasteiger partial charge on any atom is -0.355 e. The Kier molecular flexibility index (Phi) is 5.36. The van der Waals surface area contributed by atoms with E-state index in [2.05, 4.69) is 20.1 Å². The van der Waals surface area contributed by atoms with Crippen molar-refractivity contribution in [3.8, 4) is 0 Å². The van der Waals surface area contributed by atoms with Gasteiger partial charge in [0, 0.05) is 37.7 Å². The van der Waals surface area contributed by atoms with Gasteiger partial charge in [0.2, 0.25) is 5.91 Å². The minimum atomic E-state index is -4.59. The van der Waals surface area contributed by atoms with Gasteiger partial charge in [-0.05, 0) is 18.9 Å². The fourth-order valence-electron chi connectivity index (χ4n) is 4.76. The molecule has 8 nitrogen and oxygen atoms in total. The highest BCUT2D eigenvalue weighted by atomic mass is 19.4. The lowest BCUT2D eigenvalue weighted by Gasteiger charge is -2.39. The number of carbonyl (C=O) groups excluding carboxylic acids is 1. The van der Waals surface area contributed by atoms with E-state index in [1.165, 1.54) is 11.1 Å². The van der Waals surface area contributed by atoms with Gasteiger partial charge in [-0.3, -0.25) is 9.78 Å².